The van der Waals surface area contributed by atoms with Gasteiger partial charge in [-0.1, -0.05) is 13.3 Å². The SMILES string of the molecule is CCCC(NCCCO)C(=O)O. The fraction of sp³-hybridized carbons (Fsp3) is 0.875. The summed E-state index contributed by atoms with van der Waals surface area (Å²) in [6.07, 6.45) is 2.09. The fourth-order valence-electron chi connectivity index (χ4n) is 0.957. The number of nitrogens with one attached hydrogen (secondary N) is 1. The number of aliphatic carboxylic acids is 1. The molecule has 0 radical (unpaired) electrons. The fourth-order valence-corrected chi connectivity index (χ4v) is 0.957. The van der Waals surface area contributed by atoms with E-state index in [4.69, 9.17) is 10.2 Å². The van der Waals surface area contributed by atoms with Gasteiger partial charge < -0.3 is 15.5 Å². The molecule has 0 spiro atoms. The number of carboxylic acid groups (broad SMARTS) is 1. The van der Waals surface area contributed by atoms with E-state index in [-0.39, 0.29) is 6.61 Å². The molecule has 72 valence electrons. The number of aliphatic hydroxyl groups excluding tert-OH is 1. The summed E-state index contributed by atoms with van der Waals surface area (Å²) >= 11 is 0. The predicted octanol–water partition coefficient (Wildman–Crippen LogP) is 0.212. The number of rotatable bonds is 7. The molecule has 0 rings (SSSR count). The van der Waals surface area contributed by atoms with Gasteiger partial charge in [0.1, 0.15) is 6.04 Å². The highest BCUT2D eigenvalue weighted by atomic mass is 16.4. The van der Waals surface area contributed by atoms with Crippen molar-refractivity contribution in [1.29, 1.82) is 0 Å². The summed E-state index contributed by atoms with van der Waals surface area (Å²) in [5.74, 6) is -0.810. The second-order valence-corrected chi connectivity index (χ2v) is 2.71. The molecule has 0 amide bonds. The van der Waals surface area contributed by atoms with Crippen molar-refractivity contribution >= 4 is 5.97 Å². The van der Waals surface area contributed by atoms with Gasteiger partial charge in [0.2, 0.25) is 0 Å². The summed E-state index contributed by atoms with van der Waals surface area (Å²) in [4.78, 5) is 10.6. The molecule has 0 saturated heterocycles. The van der Waals surface area contributed by atoms with Gasteiger partial charge >= 0.3 is 5.97 Å². The van der Waals surface area contributed by atoms with Gasteiger partial charge in [-0.25, -0.2) is 0 Å². The van der Waals surface area contributed by atoms with Crippen molar-refractivity contribution in [2.45, 2.75) is 32.2 Å². The number of hydrogen-bond acceptors (Lipinski definition) is 3. The van der Waals surface area contributed by atoms with Crippen LogP contribution < -0.4 is 5.32 Å². The van der Waals surface area contributed by atoms with Crippen molar-refractivity contribution in [2.24, 2.45) is 0 Å². The molecule has 0 heterocycles. The molecule has 0 aromatic heterocycles. The highest BCUT2D eigenvalue weighted by Crippen LogP contribution is 1.96. The minimum absolute atomic E-state index is 0.103. The molecule has 0 aliphatic rings. The maximum absolute atomic E-state index is 10.6. The molecular weight excluding hydrogens is 158 g/mol. The molecule has 0 aromatic carbocycles. The van der Waals surface area contributed by atoms with Crippen molar-refractivity contribution in [1.82, 2.24) is 5.32 Å². The van der Waals surface area contributed by atoms with Gasteiger partial charge in [0, 0.05) is 6.61 Å². The molecule has 1 atom stereocenters. The smallest absolute Gasteiger partial charge is 0.320 e. The summed E-state index contributed by atoms with van der Waals surface area (Å²) in [5.41, 5.74) is 0. The lowest BCUT2D eigenvalue weighted by atomic mass is 10.1. The van der Waals surface area contributed by atoms with Crippen LogP contribution in [-0.2, 0) is 4.79 Å². The molecular formula is C8H17NO3. The minimum atomic E-state index is -0.810. The zero-order valence-corrected chi connectivity index (χ0v) is 7.42. The van der Waals surface area contributed by atoms with Gasteiger partial charge in [0.25, 0.3) is 0 Å². The minimum Gasteiger partial charge on any atom is -0.480 e. The average molecular weight is 175 g/mol. The van der Waals surface area contributed by atoms with Crippen LogP contribution in [0.1, 0.15) is 26.2 Å². The summed E-state index contributed by atoms with van der Waals surface area (Å²) < 4.78 is 0. The van der Waals surface area contributed by atoms with Crippen LogP contribution in [0.25, 0.3) is 0 Å². The van der Waals surface area contributed by atoms with Crippen LogP contribution in [0.3, 0.4) is 0 Å². The molecule has 0 fully saturated rings. The average Bonchev–Trinajstić information content (AvgIpc) is 2.03. The first-order valence-corrected chi connectivity index (χ1v) is 4.29. The molecule has 12 heavy (non-hydrogen) atoms. The van der Waals surface area contributed by atoms with E-state index in [1.165, 1.54) is 0 Å². The van der Waals surface area contributed by atoms with Gasteiger partial charge in [-0.2, -0.15) is 0 Å². The van der Waals surface area contributed by atoms with Gasteiger partial charge in [0.15, 0.2) is 0 Å². The van der Waals surface area contributed by atoms with Crippen LogP contribution in [0.2, 0.25) is 0 Å². The number of carboxylic acids is 1. The van der Waals surface area contributed by atoms with Crippen molar-refractivity contribution in [3.8, 4) is 0 Å². The second kappa shape index (κ2) is 7.06. The van der Waals surface area contributed by atoms with Crippen molar-refractivity contribution < 1.29 is 15.0 Å². The van der Waals surface area contributed by atoms with E-state index >= 15 is 0 Å². The molecule has 4 heteroatoms. The Labute approximate surface area is 72.6 Å². The Morgan fingerprint density at radius 2 is 2.25 bits per heavy atom. The molecule has 0 aliphatic heterocycles. The highest BCUT2D eigenvalue weighted by Gasteiger charge is 2.13. The normalized spacial score (nSPS) is 12.8. The second-order valence-electron chi connectivity index (χ2n) is 2.71. The van der Waals surface area contributed by atoms with E-state index in [9.17, 15) is 4.79 Å². The lowest BCUT2D eigenvalue weighted by molar-refractivity contribution is -0.139. The van der Waals surface area contributed by atoms with E-state index in [1.807, 2.05) is 6.92 Å². The summed E-state index contributed by atoms with van der Waals surface area (Å²) in [6.45, 7) is 2.61. The quantitative estimate of drug-likeness (QED) is 0.484. The Morgan fingerprint density at radius 3 is 2.67 bits per heavy atom. The van der Waals surface area contributed by atoms with Gasteiger partial charge in [-0.3, -0.25) is 4.79 Å². The monoisotopic (exact) mass is 175 g/mol. The van der Waals surface area contributed by atoms with Crippen LogP contribution >= 0.6 is 0 Å². The predicted molar refractivity (Wildman–Crippen MR) is 46.0 cm³/mol. The van der Waals surface area contributed by atoms with Crippen molar-refractivity contribution in [2.75, 3.05) is 13.2 Å². The molecule has 4 nitrogen and oxygen atoms in total. The molecule has 0 aliphatic carbocycles. The summed E-state index contributed by atoms with van der Waals surface area (Å²) in [7, 11) is 0. The van der Waals surface area contributed by atoms with E-state index < -0.39 is 12.0 Å². The van der Waals surface area contributed by atoms with E-state index in [0.29, 0.717) is 19.4 Å². The number of hydrogen-bond donors (Lipinski definition) is 3. The third-order valence-corrected chi connectivity index (χ3v) is 1.60. The number of carbonyl (C=O) groups is 1. The van der Waals surface area contributed by atoms with Crippen LogP contribution in [0.4, 0.5) is 0 Å². The molecule has 0 saturated carbocycles. The Kier molecular flexibility index (Phi) is 6.70. The van der Waals surface area contributed by atoms with Gasteiger partial charge in [-0.15, -0.1) is 0 Å². The van der Waals surface area contributed by atoms with E-state index in [2.05, 4.69) is 5.32 Å². The third-order valence-electron chi connectivity index (χ3n) is 1.60. The Hall–Kier alpha value is -0.610. The van der Waals surface area contributed by atoms with Gasteiger partial charge in [-0.05, 0) is 19.4 Å². The van der Waals surface area contributed by atoms with E-state index in [1.54, 1.807) is 0 Å². The molecule has 3 N–H and O–H groups in total. The van der Waals surface area contributed by atoms with Crippen LogP contribution in [0, 0.1) is 0 Å². The van der Waals surface area contributed by atoms with Crippen LogP contribution in [-0.4, -0.2) is 35.4 Å². The Morgan fingerprint density at radius 1 is 1.58 bits per heavy atom. The first kappa shape index (κ1) is 11.4. The zero-order valence-electron chi connectivity index (χ0n) is 7.42. The summed E-state index contributed by atoms with van der Waals surface area (Å²) in [5, 5.41) is 20.0. The van der Waals surface area contributed by atoms with Crippen LogP contribution in [0.5, 0.6) is 0 Å². The summed E-state index contributed by atoms with van der Waals surface area (Å²) in [6, 6.07) is -0.457. The van der Waals surface area contributed by atoms with Crippen LogP contribution in [0.15, 0.2) is 0 Å². The topological polar surface area (TPSA) is 69.6 Å². The maximum atomic E-state index is 10.6. The first-order chi connectivity index (χ1) is 5.72. The van der Waals surface area contributed by atoms with Gasteiger partial charge in [0.05, 0.1) is 0 Å². The Balaban J connectivity index is 3.56. The largest absolute Gasteiger partial charge is 0.480 e. The third kappa shape index (κ3) is 5.09. The Bertz CT molecular complexity index is 127. The van der Waals surface area contributed by atoms with Crippen molar-refractivity contribution in [3.05, 3.63) is 0 Å². The molecule has 0 bridgehead atoms. The first-order valence-electron chi connectivity index (χ1n) is 4.29. The lowest BCUT2D eigenvalue weighted by Gasteiger charge is -2.12. The maximum Gasteiger partial charge on any atom is 0.320 e. The van der Waals surface area contributed by atoms with Crippen molar-refractivity contribution in [3.63, 3.8) is 0 Å². The van der Waals surface area contributed by atoms with E-state index in [0.717, 1.165) is 6.42 Å². The number of aliphatic hydroxyl groups is 1. The highest BCUT2D eigenvalue weighted by molar-refractivity contribution is 5.73. The molecule has 1 unspecified atom stereocenters. The molecule has 0 aromatic rings. The lowest BCUT2D eigenvalue weighted by Crippen LogP contribution is -2.37. The standard InChI is InChI=1S/C8H17NO3/c1-2-4-7(8(11)12)9-5-3-6-10/h7,9-10H,2-6H2,1H3,(H,11,12). The zero-order chi connectivity index (χ0) is 9.40.